The lowest BCUT2D eigenvalue weighted by atomic mass is 10.1. The number of aryl methyl sites for hydroxylation is 1. The van der Waals surface area contributed by atoms with Crippen molar-refractivity contribution in [2.75, 3.05) is 7.11 Å². The number of hydrogen-bond acceptors (Lipinski definition) is 3. The Kier molecular flexibility index (Phi) is 3.91. The van der Waals surface area contributed by atoms with Gasteiger partial charge in [-0.2, -0.15) is 13.2 Å². The standard InChI is InChI=1S/C13H12F4N2O2/c1-19-5-10(13(15,16)17)18-12(19)11-8(14)3-7(6-20)4-9(11)21-2/h3-5,20H,6H2,1-2H3. The molecule has 0 aliphatic rings. The summed E-state index contributed by atoms with van der Waals surface area (Å²) < 4.78 is 58.2. The molecule has 0 amide bonds. The maximum absolute atomic E-state index is 14.1. The van der Waals surface area contributed by atoms with Crippen LogP contribution >= 0.6 is 0 Å². The molecule has 0 atom stereocenters. The van der Waals surface area contributed by atoms with E-state index in [2.05, 4.69) is 4.98 Å². The molecule has 0 aliphatic heterocycles. The number of aliphatic hydroxyl groups is 1. The van der Waals surface area contributed by atoms with Gasteiger partial charge in [0.2, 0.25) is 0 Å². The summed E-state index contributed by atoms with van der Waals surface area (Å²) >= 11 is 0. The fraction of sp³-hybridized carbons (Fsp3) is 0.308. The van der Waals surface area contributed by atoms with E-state index >= 15 is 0 Å². The highest BCUT2D eigenvalue weighted by Crippen LogP contribution is 2.36. The molecular formula is C13H12F4N2O2. The molecule has 1 heterocycles. The molecule has 0 bridgehead atoms. The highest BCUT2D eigenvalue weighted by molar-refractivity contribution is 5.66. The van der Waals surface area contributed by atoms with E-state index in [-0.39, 0.29) is 22.7 Å². The lowest BCUT2D eigenvalue weighted by Gasteiger charge is -2.11. The second kappa shape index (κ2) is 5.36. The summed E-state index contributed by atoms with van der Waals surface area (Å²) in [5.74, 6) is -1.02. The monoisotopic (exact) mass is 304 g/mol. The van der Waals surface area contributed by atoms with Gasteiger partial charge in [-0.3, -0.25) is 0 Å². The summed E-state index contributed by atoms with van der Waals surface area (Å²) in [7, 11) is 2.59. The van der Waals surface area contributed by atoms with Crippen LogP contribution < -0.4 is 4.74 Å². The first kappa shape index (κ1) is 15.3. The molecule has 1 N–H and O–H groups in total. The topological polar surface area (TPSA) is 47.3 Å². The van der Waals surface area contributed by atoms with Crippen molar-refractivity contribution >= 4 is 0 Å². The third kappa shape index (κ3) is 2.85. The van der Waals surface area contributed by atoms with Crippen molar-refractivity contribution in [1.82, 2.24) is 9.55 Å². The maximum Gasteiger partial charge on any atom is 0.434 e. The first-order valence-electron chi connectivity index (χ1n) is 5.86. The number of rotatable bonds is 3. The van der Waals surface area contributed by atoms with Gasteiger partial charge >= 0.3 is 6.18 Å². The molecule has 0 saturated heterocycles. The van der Waals surface area contributed by atoms with Crippen LogP contribution in [0.2, 0.25) is 0 Å². The minimum absolute atomic E-state index is 0.00137. The molecule has 0 unspecified atom stereocenters. The Hall–Kier alpha value is -2.09. The zero-order chi connectivity index (χ0) is 15.8. The van der Waals surface area contributed by atoms with Gasteiger partial charge < -0.3 is 14.4 Å². The van der Waals surface area contributed by atoms with Gasteiger partial charge in [0.05, 0.1) is 19.3 Å². The molecule has 0 fully saturated rings. The SMILES string of the molecule is COc1cc(CO)cc(F)c1-c1nc(C(F)(F)F)cn1C. The van der Waals surface area contributed by atoms with Crippen molar-refractivity contribution in [2.24, 2.45) is 7.05 Å². The summed E-state index contributed by atoms with van der Waals surface area (Å²) in [4.78, 5) is 3.43. The van der Waals surface area contributed by atoms with E-state index in [1.54, 1.807) is 0 Å². The number of aromatic nitrogens is 2. The molecule has 1 aromatic carbocycles. The van der Waals surface area contributed by atoms with Crippen molar-refractivity contribution in [3.63, 3.8) is 0 Å². The number of nitrogens with zero attached hydrogens (tertiary/aromatic N) is 2. The van der Waals surface area contributed by atoms with Gasteiger partial charge in [0.25, 0.3) is 0 Å². The Morgan fingerprint density at radius 1 is 1.33 bits per heavy atom. The summed E-state index contributed by atoms with van der Waals surface area (Å²) in [5.41, 5.74) is -1.06. The Morgan fingerprint density at radius 3 is 2.48 bits per heavy atom. The zero-order valence-electron chi connectivity index (χ0n) is 11.2. The molecule has 0 spiro atoms. The van der Waals surface area contributed by atoms with Gasteiger partial charge in [-0.1, -0.05) is 0 Å². The van der Waals surface area contributed by atoms with Crippen molar-refractivity contribution < 1.29 is 27.4 Å². The van der Waals surface area contributed by atoms with Gasteiger partial charge in [-0.05, 0) is 17.7 Å². The van der Waals surface area contributed by atoms with Crippen molar-refractivity contribution in [3.8, 4) is 17.1 Å². The van der Waals surface area contributed by atoms with Crippen molar-refractivity contribution in [1.29, 1.82) is 0 Å². The van der Waals surface area contributed by atoms with Crippen LogP contribution in [-0.2, 0) is 19.8 Å². The fourth-order valence-corrected chi connectivity index (χ4v) is 1.94. The number of imidazole rings is 1. The van der Waals surface area contributed by atoms with Gasteiger partial charge in [0.15, 0.2) is 5.69 Å². The normalized spacial score (nSPS) is 11.8. The number of benzene rings is 1. The molecule has 2 aromatic rings. The third-order valence-electron chi connectivity index (χ3n) is 2.91. The number of methoxy groups -OCH3 is 1. The lowest BCUT2D eigenvalue weighted by molar-refractivity contribution is -0.140. The summed E-state index contributed by atoms with van der Waals surface area (Å²) in [6.45, 7) is -0.415. The fourth-order valence-electron chi connectivity index (χ4n) is 1.94. The van der Waals surface area contributed by atoms with Crippen molar-refractivity contribution in [2.45, 2.75) is 12.8 Å². The predicted octanol–water partition coefficient (Wildman–Crippen LogP) is 2.75. The van der Waals surface area contributed by atoms with Crippen molar-refractivity contribution in [3.05, 3.63) is 35.4 Å². The number of halogens is 4. The lowest BCUT2D eigenvalue weighted by Crippen LogP contribution is -2.05. The minimum atomic E-state index is -4.62. The van der Waals surface area contributed by atoms with Crippen LogP contribution in [0, 0.1) is 5.82 Å². The molecule has 114 valence electrons. The van der Waals surface area contributed by atoms with E-state index in [0.717, 1.165) is 16.8 Å². The summed E-state index contributed by atoms with van der Waals surface area (Å²) in [6, 6.07) is 2.38. The molecule has 0 aliphatic carbocycles. The van der Waals surface area contributed by atoms with Crippen LogP contribution in [0.25, 0.3) is 11.4 Å². The Bertz CT molecular complexity index is 665. The summed E-state index contributed by atoms with van der Waals surface area (Å²) in [5, 5.41) is 9.02. The molecule has 4 nitrogen and oxygen atoms in total. The Labute approximate surface area is 117 Å². The first-order valence-corrected chi connectivity index (χ1v) is 5.86. The number of ether oxygens (including phenoxy) is 1. The average molecular weight is 304 g/mol. The molecule has 8 heteroatoms. The quantitative estimate of drug-likeness (QED) is 0.887. The van der Waals surface area contributed by atoms with E-state index in [1.807, 2.05) is 0 Å². The molecule has 21 heavy (non-hydrogen) atoms. The molecule has 0 saturated carbocycles. The highest BCUT2D eigenvalue weighted by atomic mass is 19.4. The van der Waals surface area contributed by atoms with Crippen LogP contribution in [0.15, 0.2) is 18.3 Å². The number of hydrogen-bond donors (Lipinski definition) is 1. The van der Waals surface area contributed by atoms with E-state index in [4.69, 9.17) is 9.84 Å². The van der Waals surface area contributed by atoms with Crippen LogP contribution in [0.4, 0.5) is 17.6 Å². The second-order valence-electron chi connectivity index (χ2n) is 4.37. The Morgan fingerprint density at radius 2 is 2.00 bits per heavy atom. The smallest absolute Gasteiger partial charge is 0.434 e. The molecular weight excluding hydrogens is 292 g/mol. The Balaban J connectivity index is 2.64. The predicted molar refractivity (Wildman–Crippen MR) is 66.1 cm³/mol. The van der Waals surface area contributed by atoms with Gasteiger partial charge in [0.1, 0.15) is 17.4 Å². The first-order chi connectivity index (χ1) is 9.77. The van der Waals surface area contributed by atoms with E-state index in [9.17, 15) is 17.6 Å². The maximum atomic E-state index is 14.1. The number of alkyl halides is 3. The van der Waals surface area contributed by atoms with Gasteiger partial charge in [-0.15, -0.1) is 0 Å². The van der Waals surface area contributed by atoms with Gasteiger partial charge in [0, 0.05) is 13.2 Å². The van der Waals surface area contributed by atoms with E-state index < -0.39 is 24.3 Å². The molecule has 1 aromatic heterocycles. The minimum Gasteiger partial charge on any atom is -0.496 e. The van der Waals surface area contributed by atoms with Crippen LogP contribution in [-0.4, -0.2) is 21.8 Å². The van der Waals surface area contributed by atoms with Crippen LogP contribution in [0.3, 0.4) is 0 Å². The third-order valence-corrected chi connectivity index (χ3v) is 2.91. The molecule has 0 radical (unpaired) electrons. The van der Waals surface area contributed by atoms with Crippen LogP contribution in [0.1, 0.15) is 11.3 Å². The highest BCUT2D eigenvalue weighted by Gasteiger charge is 2.35. The average Bonchev–Trinajstić information content (AvgIpc) is 2.79. The second-order valence-corrected chi connectivity index (χ2v) is 4.37. The summed E-state index contributed by atoms with van der Waals surface area (Å²) in [6.07, 6.45) is -3.85. The largest absolute Gasteiger partial charge is 0.496 e. The van der Waals surface area contributed by atoms with E-state index in [0.29, 0.717) is 0 Å². The number of aliphatic hydroxyl groups excluding tert-OH is 1. The zero-order valence-corrected chi connectivity index (χ0v) is 11.2. The molecule has 2 rings (SSSR count). The van der Waals surface area contributed by atoms with Gasteiger partial charge in [-0.25, -0.2) is 9.37 Å². The van der Waals surface area contributed by atoms with E-state index in [1.165, 1.54) is 20.2 Å². The van der Waals surface area contributed by atoms with Crippen LogP contribution in [0.5, 0.6) is 5.75 Å².